The van der Waals surface area contributed by atoms with Gasteiger partial charge in [0, 0.05) is 50.7 Å². The largest absolute Gasteiger partial charge is 0.350 e. The van der Waals surface area contributed by atoms with Crippen LogP contribution >= 0.6 is 0 Å². The highest BCUT2D eigenvalue weighted by Crippen LogP contribution is 2.10. The average Bonchev–Trinajstić information content (AvgIpc) is 3.25. The summed E-state index contributed by atoms with van der Waals surface area (Å²) in [6.07, 6.45) is 5.23. The van der Waals surface area contributed by atoms with Gasteiger partial charge in [-0.05, 0) is 13.1 Å². The summed E-state index contributed by atoms with van der Waals surface area (Å²) in [5.41, 5.74) is 2.02. The van der Waals surface area contributed by atoms with Crippen LogP contribution in [0.3, 0.4) is 0 Å². The maximum absolute atomic E-state index is 12.4. The van der Waals surface area contributed by atoms with Crippen molar-refractivity contribution in [3.05, 3.63) is 29.7 Å². The molecule has 0 atom stereocenters. The number of nitrogens with zero attached hydrogens (tertiary/aromatic N) is 5. The Hall–Kier alpha value is -2.68. The van der Waals surface area contributed by atoms with E-state index in [4.69, 9.17) is 0 Å². The molecule has 3 heterocycles. The fraction of sp³-hybridized carbons (Fsp3) is 0.529. The highest BCUT2D eigenvalue weighted by atomic mass is 16.2. The van der Waals surface area contributed by atoms with Crippen LogP contribution in [0.1, 0.15) is 29.8 Å². The second kappa shape index (κ2) is 8.13. The van der Waals surface area contributed by atoms with Gasteiger partial charge in [-0.1, -0.05) is 13.8 Å². The second-order valence-corrected chi connectivity index (χ2v) is 6.22. The number of aromatic nitrogens is 3. The van der Waals surface area contributed by atoms with Gasteiger partial charge in [0.2, 0.25) is 0 Å². The number of hydrogen-bond donors (Lipinski definition) is 2. The minimum atomic E-state index is -0.233. The predicted octanol–water partition coefficient (Wildman–Crippen LogP) is 0.326. The third kappa shape index (κ3) is 3.93. The van der Waals surface area contributed by atoms with E-state index in [1.807, 2.05) is 6.20 Å². The summed E-state index contributed by atoms with van der Waals surface area (Å²) < 4.78 is 1.64. The molecule has 3 amide bonds. The van der Waals surface area contributed by atoms with Crippen LogP contribution in [0.4, 0.5) is 4.79 Å². The Morgan fingerprint density at radius 3 is 2.85 bits per heavy atom. The van der Waals surface area contributed by atoms with Crippen molar-refractivity contribution in [2.75, 3.05) is 39.3 Å². The number of urea groups is 1. The Labute approximate surface area is 152 Å². The van der Waals surface area contributed by atoms with Crippen LogP contribution in [-0.4, -0.2) is 75.6 Å². The van der Waals surface area contributed by atoms with Crippen molar-refractivity contribution >= 4 is 17.6 Å². The maximum atomic E-state index is 12.4. The van der Waals surface area contributed by atoms with Crippen molar-refractivity contribution in [3.8, 4) is 0 Å². The monoisotopic (exact) mass is 359 g/mol. The van der Waals surface area contributed by atoms with Gasteiger partial charge in [0.15, 0.2) is 5.65 Å². The molecule has 9 nitrogen and oxygen atoms in total. The van der Waals surface area contributed by atoms with Gasteiger partial charge in [-0.3, -0.25) is 9.69 Å². The lowest BCUT2D eigenvalue weighted by molar-refractivity contribution is 0.0951. The quantitative estimate of drug-likeness (QED) is 0.708. The number of nitrogens with one attached hydrogen (secondary N) is 2. The van der Waals surface area contributed by atoms with Crippen molar-refractivity contribution < 1.29 is 9.59 Å². The molecule has 1 aliphatic rings. The molecule has 0 aliphatic carbocycles. The van der Waals surface area contributed by atoms with Gasteiger partial charge < -0.3 is 15.5 Å². The van der Waals surface area contributed by atoms with Crippen LogP contribution < -0.4 is 10.6 Å². The van der Waals surface area contributed by atoms with Crippen molar-refractivity contribution in [1.29, 1.82) is 0 Å². The normalized spacial score (nSPS) is 14.3. The van der Waals surface area contributed by atoms with Crippen LogP contribution in [0.5, 0.6) is 0 Å². The minimum absolute atomic E-state index is 0.0855. The van der Waals surface area contributed by atoms with Crippen LogP contribution in [0, 0.1) is 0 Å². The molecular weight excluding hydrogens is 334 g/mol. The molecule has 0 aromatic carbocycles. The molecule has 2 N–H and O–H groups in total. The predicted molar refractivity (Wildman–Crippen MR) is 96.9 cm³/mol. The Morgan fingerprint density at radius 2 is 2.15 bits per heavy atom. The molecule has 2 aromatic rings. The summed E-state index contributed by atoms with van der Waals surface area (Å²) in [6.45, 7) is 9.18. The van der Waals surface area contributed by atoms with Crippen LogP contribution in [0.25, 0.3) is 5.65 Å². The molecule has 3 rings (SSSR count). The first-order valence-corrected chi connectivity index (χ1v) is 8.98. The molecule has 0 spiro atoms. The van der Waals surface area contributed by atoms with E-state index < -0.39 is 0 Å². The van der Waals surface area contributed by atoms with Crippen LogP contribution in [-0.2, 0) is 6.54 Å². The second-order valence-electron chi connectivity index (χ2n) is 6.22. The van der Waals surface area contributed by atoms with Gasteiger partial charge in [0.05, 0.1) is 6.20 Å². The number of fused-ring (bicyclic) bond motifs is 1. The highest BCUT2D eigenvalue weighted by Gasteiger charge is 2.19. The van der Waals surface area contributed by atoms with Crippen molar-refractivity contribution in [2.24, 2.45) is 0 Å². The molecule has 2 aromatic heterocycles. The summed E-state index contributed by atoms with van der Waals surface area (Å²) in [7, 11) is 0. The van der Waals surface area contributed by atoms with Gasteiger partial charge in [-0.25, -0.2) is 14.3 Å². The highest BCUT2D eigenvalue weighted by molar-refractivity contribution is 5.99. The van der Waals surface area contributed by atoms with E-state index in [0.717, 1.165) is 25.2 Å². The summed E-state index contributed by atoms with van der Waals surface area (Å²) in [5.74, 6) is -0.233. The van der Waals surface area contributed by atoms with Crippen LogP contribution in [0.2, 0.25) is 0 Å². The Bertz CT molecular complexity index is 785. The van der Waals surface area contributed by atoms with E-state index in [9.17, 15) is 9.59 Å². The average molecular weight is 359 g/mol. The molecule has 0 saturated carbocycles. The smallest absolute Gasteiger partial charge is 0.317 e. The third-order valence-corrected chi connectivity index (χ3v) is 4.57. The summed E-state index contributed by atoms with van der Waals surface area (Å²) in [4.78, 5) is 32.3. The van der Waals surface area contributed by atoms with E-state index in [2.05, 4.69) is 39.5 Å². The molecule has 0 radical (unpaired) electrons. The fourth-order valence-electron chi connectivity index (χ4n) is 2.98. The zero-order chi connectivity index (χ0) is 18.5. The number of rotatable bonds is 8. The molecule has 140 valence electrons. The van der Waals surface area contributed by atoms with E-state index in [1.165, 1.54) is 6.20 Å². The van der Waals surface area contributed by atoms with Crippen molar-refractivity contribution in [3.63, 3.8) is 0 Å². The zero-order valence-electron chi connectivity index (χ0n) is 15.2. The van der Waals surface area contributed by atoms with E-state index >= 15 is 0 Å². The third-order valence-electron chi connectivity index (χ3n) is 4.57. The van der Waals surface area contributed by atoms with E-state index in [-0.39, 0.29) is 11.9 Å². The van der Waals surface area contributed by atoms with Gasteiger partial charge >= 0.3 is 6.03 Å². The molecule has 0 bridgehead atoms. The lowest BCUT2D eigenvalue weighted by atomic mass is 10.3. The Morgan fingerprint density at radius 1 is 1.35 bits per heavy atom. The molecule has 26 heavy (non-hydrogen) atoms. The number of carbonyl (C=O) groups is 2. The summed E-state index contributed by atoms with van der Waals surface area (Å²) >= 11 is 0. The van der Waals surface area contributed by atoms with Gasteiger partial charge in [0.25, 0.3) is 5.91 Å². The lowest BCUT2D eigenvalue weighted by Gasteiger charge is -2.17. The summed E-state index contributed by atoms with van der Waals surface area (Å²) in [6, 6.07) is -0.0855. The first-order valence-electron chi connectivity index (χ1n) is 8.98. The molecule has 0 unspecified atom stereocenters. The van der Waals surface area contributed by atoms with Gasteiger partial charge in [0.1, 0.15) is 5.56 Å². The molecule has 1 aliphatic heterocycles. The van der Waals surface area contributed by atoms with Crippen LogP contribution in [0.15, 0.2) is 18.6 Å². The topological polar surface area (TPSA) is 94.9 Å². The first kappa shape index (κ1) is 18.1. The standard InChI is InChI=1S/C17H25N7O2/c1-3-22(4-2)11-13-9-20-15-14(10-21-24(15)12-13)16(25)18-5-7-23-8-6-19-17(23)26/h9-10,12H,3-8,11H2,1-2H3,(H,18,25)(H,19,26). The van der Waals surface area contributed by atoms with Crippen molar-refractivity contribution in [1.82, 2.24) is 35.0 Å². The Kier molecular flexibility index (Phi) is 5.67. The maximum Gasteiger partial charge on any atom is 0.317 e. The summed E-state index contributed by atoms with van der Waals surface area (Å²) in [5, 5.41) is 9.82. The SMILES string of the molecule is CCN(CC)Cc1cnc2c(C(=O)NCCN3CCNC3=O)cnn2c1. The zero-order valence-corrected chi connectivity index (χ0v) is 15.2. The number of amides is 3. The van der Waals surface area contributed by atoms with Gasteiger partial charge in [-0.2, -0.15) is 5.10 Å². The first-order chi connectivity index (χ1) is 12.6. The van der Waals surface area contributed by atoms with Crippen molar-refractivity contribution in [2.45, 2.75) is 20.4 Å². The molecule has 1 saturated heterocycles. The number of hydrogen-bond acceptors (Lipinski definition) is 5. The molecule has 9 heteroatoms. The van der Waals surface area contributed by atoms with Gasteiger partial charge in [-0.15, -0.1) is 0 Å². The molecule has 1 fully saturated rings. The fourth-order valence-corrected chi connectivity index (χ4v) is 2.98. The lowest BCUT2D eigenvalue weighted by Crippen LogP contribution is -2.36. The van der Waals surface area contributed by atoms with E-state index in [1.54, 1.807) is 15.6 Å². The van der Waals surface area contributed by atoms with E-state index in [0.29, 0.717) is 37.4 Å². The minimum Gasteiger partial charge on any atom is -0.350 e. The Balaban J connectivity index is 1.62. The number of carbonyl (C=O) groups excluding carboxylic acids is 2. The molecular formula is C17H25N7O2.